The number of thiocarbonyl (C=S) groups is 1. The van der Waals surface area contributed by atoms with E-state index >= 15 is 0 Å². The second-order valence-electron chi connectivity index (χ2n) is 2.15. The molecule has 0 saturated carbocycles. The van der Waals surface area contributed by atoms with Gasteiger partial charge in [-0.2, -0.15) is 0 Å². The smallest absolute Gasteiger partial charge is 0.321 e. The van der Waals surface area contributed by atoms with Gasteiger partial charge in [-0.25, -0.2) is 0 Å². The molecule has 0 atom stereocenters. The van der Waals surface area contributed by atoms with Gasteiger partial charge in [0, 0.05) is 11.3 Å². The molecule has 0 heterocycles. The molecule has 0 spiro atoms. The van der Waals surface area contributed by atoms with Crippen LogP contribution in [0.25, 0.3) is 0 Å². The van der Waals surface area contributed by atoms with Crippen molar-refractivity contribution in [2.75, 3.05) is 0 Å². The molecule has 0 aliphatic heterocycles. The molecule has 0 aromatic heterocycles. The molecule has 0 amide bonds. The zero-order valence-electron chi connectivity index (χ0n) is 5.60. The first-order valence-corrected chi connectivity index (χ1v) is 5.00. The van der Waals surface area contributed by atoms with Crippen LogP contribution in [0, 0.1) is 0 Å². The number of rotatable bonds is 1. The van der Waals surface area contributed by atoms with E-state index in [-0.39, 0.29) is 5.31 Å². The van der Waals surface area contributed by atoms with Gasteiger partial charge in [-0.3, -0.25) is 4.57 Å². The Balaban J connectivity index is 3.03. The molecule has 3 nitrogen and oxygen atoms in total. The third-order valence-corrected chi connectivity index (χ3v) is 2.88. The number of allylic oxidation sites excluding steroid dienone is 4. The summed E-state index contributed by atoms with van der Waals surface area (Å²) >= 11 is 4.76. The average molecular weight is 190 g/mol. The van der Waals surface area contributed by atoms with Gasteiger partial charge >= 0.3 is 7.60 Å². The third kappa shape index (κ3) is 2.07. The highest BCUT2D eigenvalue weighted by molar-refractivity contribution is 7.82. The molecule has 0 bridgehead atoms. The van der Waals surface area contributed by atoms with Crippen molar-refractivity contribution in [1.29, 1.82) is 0 Å². The molecule has 1 aliphatic rings. The minimum Gasteiger partial charge on any atom is -0.321 e. The van der Waals surface area contributed by atoms with Crippen molar-refractivity contribution in [3.63, 3.8) is 0 Å². The molecule has 1 aliphatic carbocycles. The van der Waals surface area contributed by atoms with Gasteiger partial charge in [0.15, 0.2) is 0 Å². The molecule has 60 valence electrons. The molecule has 0 fully saturated rings. The minimum atomic E-state index is -4.13. The molecule has 0 saturated heterocycles. The van der Waals surface area contributed by atoms with Crippen molar-refractivity contribution >= 4 is 24.7 Å². The van der Waals surface area contributed by atoms with Gasteiger partial charge in [0.25, 0.3) is 0 Å². The second kappa shape index (κ2) is 2.99. The van der Waals surface area contributed by atoms with E-state index in [0.29, 0.717) is 11.3 Å². The van der Waals surface area contributed by atoms with Crippen molar-refractivity contribution in [3.8, 4) is 0 Å². The van der Waals surface area contributed by atoms with E-state index in [1.54, 1.807) is 12.2 Å². The molecule has 0 radical (unpaired) electrons. The maximum atomic E-state index is 10.7. The Morgan fingerprint density at radius 3 is 2.55 bits per heavy atom. The predicted octanol–water partition coefficient (Wildman–Crippen LogP) is 1.38. The van der Waals surface area contributed by atoms with Crippen LogP contribution in [-0.4, -0.2) is 14.7 Å². The molecule has 0 aromatic carbocycles. The summed E-state index contributed by atoms with van der Waals surface area (Å²) in [6, 6.07) is 0. The first kappa shape index (κ1) is 8.81. The van der Waals surface area contributed by atoms with Gasteiger partial charge in [0.1, 0.15) is 0 Å². The van der Waals surface area contributed by atoms with Gasteiger partial charge in [-0.05, 0) is 6.08 Å². The lowest BCUT2D eigenvalue weighted by atomic mass is 10.2. The lowest BCUT2D eigenvalue weighted by Crippen LogP contribution is -2.01. The molecule has 11 heavy (non-hydrogen) atoms. The van der Waals surface area contributed by atoms with Gasteiger partial charge in [-0.15, -0.1) is 0 Å². The van der Waals surface area contributed by atoms with E-state index in [0.717, 1.165) is 0 Å². The summed E-state index contributed by atoms with van der Waals surface area (Å²) in [7, 11) is -4.13. The van der Waals surface area contributed by atoms with Crippen molar-refractivity contribution in [2.24, 2.45) is 0 Å². The molecule has 2 N–H and O–H groups in total. The van der Waals surface area contributed by atoms with Gasteiger partial charge in [0.05, 0.1) is 5.31 Å². The average Bonchev–Trinajstić information content (AvgIpc) is 1.86. The molecule has 0 aromatic rings. The molecule has 5 heteroatoms. The summed E-state index contributed by atoms with van der Waals surface area (Å²) in [6.45, 7) is 0. The molecular formula is C6H7O3PS. The Bertz CT molecular complexity index is 286. The highest BCUT2D eigenvalue weighted by Gasteiger charge is 2.24. The molecular weight excluding hydrogens is 183 g/mol. The van der Waals surface area contributed by atoms with E-state index in [2.05, 4.69) is 0 Å². The summed E-state index contributed by atoms with van der Waals surface area (Å²) in [4.78, 5) is 17.8. The summed E-state index contributed by atoms with van der Waals surface area (Å²) in [5.74, 6) is 0. The highest BCUT2D eigenvalue weighted by atomic mass is 32.1. The Morgan fingerprint density at radius 2 is 2.18 bits per heavy atom. The first-order chi connectivity index (χ1) is 5.02. The third-order valence-electron chi connectivity index (χ3n) is 1.29. The Kier molecular flexibility index (Phi) is 2.40. The first-order valence-electron chi connectivity index (χ1n) is 2.98. The number of hydrogen-bond donors (Lipinski definition) is 2. The van der Waals surface area contributed by atoms with Crippen molar-refractivity contribution in [3.05, 3.63) is 23.5 Å². The Hall–Kier alpha value is -0.280. The van der Waals surface area contributed by atoms with E-state index < -0.39 is 7.60 Å². The zero-order chi connectivity index (χ0) is 8.48. The van der Waals surface area contributed by atoms with Crippen LogP contribution < -0.4 is 0 Å². The van der Waals surface area contributed by atoms with E-state index in [1.807, 2.05) is 0 Å². The maximum absolute atomic E-state index is 10.7. The summed E-state index contributed by atoms with van der Waals surface area (Å²) in [6.07, 6.45) is 5.19. The number of hydrogen-bond acceptors (Lipinski definition) is 2. The van der Waals surface area contributed by atoms with E-state index in [9.17, 15) is 4.57 Å². The van der Waals surface area contributed by atoms with Gasteiger partial charge in [-0.1, -0.05) is 24.4 Å². The summed E-state index contributed by atoms with van der Waals surface area (Å²) < 4.78 is 10.7. The van der Waals surface area contributed by atoms with Crippen molar-refractivity contribution < 1.29 is 14.4 Å². The monoisotopic (exact) mass is 190 g/mol. The van der Waals surface area contributed by atoms with Crippen molar-refractivity contribution in [1.82, 2.24) is 0 Å². The fraction of sp³-hybridized carbons (Fsp3) is 0.167. The van der Waals surface area contributed by atoms with Gasteiger partial charge < -0.3 is 9.79 Å². The Labute approximate surface area is 69.6 Å². The van der Waals surface area contributed by atoms with Crippen LogP contribution >= 0.6 is 19.8 Å². The van der Waals surface area contributed by atoms with Crippen LogP contribution in [0.1, 0.15) is 6.42 Å². The SMILES string of the molecule is O=P(O)(O)C1=CC=CCC1=S. The van der Waals surface area contributed by atoms with E-state index in [4.69, 9.17) is 22.0 Å². The quantitative estimate of drug-likeness (QED) is 0.484. The van der Waals surface area contributed by atoms with Crippen LogP contribution in [0.3, 0.4) is 0 Å². The molecule has 1 rings (SSSR count). The van der Waals surface area contributed by atoms with Crippen LogP contribution in [0.5, 0.6) is 0 Å². The fourth-order valence-corrected chi connectivity index (χ4v) is 2.01. The van der Waals surface area contributed by atoms with Gasteiger partial charge in [0.2, 0.25) is 0 Å². The zero-order valence-corrected chi connectivity index (χ0v) is 7.31. The van der Waals surface area contributed by atoms with Crippen LogP contribution in [0.15, 0.2) is 23.5 Å². The normalized spacial score (nSPS) is 18.4. The summed E-state index contributed by atoms with van der Waals surface area (Å²) in [5, 5.41) is -0.0185. The maximum Gasteiger partial charge on any atom is 0.357 e. The Morgan fingerprint density at radius 1 is 1.55 bits per heavy atom. The largest absolute Gasteiger partial charge is 0.357 e. The summed E-state index contributed by atoms with van der Waals surface area (Å²) in [5.41, 5.74) is 0. The second-order valence-corrected chi connectivity index (χ2v) is 4.21. The topological polar surface area (TPSA) is 57.5 Å². The molecule has 0 unspecified atom stereocenters. The fourth-order valence-electron chi connectivity index (χ4n) is 0.791. The van der Waals surface area contributed by atoms with Crippen LogP contribution in [0.2, 0.25) is 0 Å². The minimum absolute atomic E-state index is 0.0185. The lowest BCUT2D eigenvalue weighted by molar-refractivity contribution is 0.384. The van der Waals surface area contributed by atoms with Crippen molar-refractivity contribution in [2.45, 2.75) is 6.42 Å². The lowest BCUT2D eigenvalue weighted by Gasteiger charge is -2.10. The van der Waals surface area contributed by atoms with E-state index in [1.165, 1.54) is 6.08 Å². The van der Waals surface area contributed by atoms with Crippen LogP contribution in [0.4, 0.5) is 0 Å². The predicted molar refractivity (Wildman–Crippen MR) is 46.5 cm³/mol. The van der Waals surface area contributed by atoms with Crippen LogP contribution in [-0.2, 0) is 4.57 Å². The standard InChI is InChI=1S/C6H7O3PS/c7-10(8,9)5-3-1-2-4-6(5)11/h1-3H,4H2,(H2,7,8,9). The highest BCUT2D eigenvalue weighted by Crippen LogP contribution is 2.46.